The number of hydrogen-bond donors (Lipinski definition) is 0. The molecule has 4 heavy (non-hydrogen) atoms. The van der Waals surface area contributed by atoms with Crippen molar-refractivity contribution in [2.75, 3.05) is 0 Å². The van der Waals surface area contributed by atoms with Crippen LogP contribution in [0.2, 0.25) is 4.63 Å². The summed E-state index contributed by atoms with van der Waals surface area (Å²) in [4.78, 5) is 0. The minimum absolute atomic E-state index is 0.968. The molecule has 0 amide bonds. The summed E-state index contributed by atoms with van der Waals surface area (Å²) in [5.41, 5.74) is 0. The fourth-order valence-electron chi connectivity index (χ4n) is 0. The molecule has 0 radical (unpaired) electrons. The first kappa shape index (κ1) is 5.84. The Morgan fingerprint density at radius 1 is 1.50 bits per heavy atom. The summed E-state index contributed by atoms with van der Waals surface area (Å²) in [5.74, 6) is 0. The zero-order valence-electron chi connectivity index (χ0n) is 2.20. The van der Waals surface area contributed by atoms with Gasteiger partial charge in [0.05, 0.1) is 0 Å². The van der Waals surface area contributed by atoms with Crippen LogP contribution in [0.15, 0.2) is 0 Å². The van der Waals surface area contributed by atoms with Crippen LogP contribution in [-0.4, -0.2) is 17.1 Å². The van der Waals surface area contributed by atoms with Gasteiger partial charge in [-0.2, -0.15) is 0 Å². The van der Waals surface area contributed by atoms with E-state index in [0.29, 0.717) is 0 Å². The van der Waals surface area contributed by atoms with Gasteiger partial charge in [-0.25, -0.2) is 0 Å². The second kappa shape index (κ2) is 3.05. The molecule has 0 spiro atoms. The van der Waals surface area contributed by atoms with Crippen molar-refractivity contribution in [2.24, 2.45) is 0 Å². The Balaban J connectivity index is 2.32. The normalized spacial score (nSPS) is 9.00. The summed E-state index contributed by atoms with van der Waals surface area (Å²) >= 11 is 5.81. The number of halogens is 2. The van der Waals surface area contributed by atoms with E-state index >= 15 is 0 Å². The summed E-state index contributed by atoms with van der Waals surface area (Å²) < 4.78 is 2.20. The summed E-state index contributed by atoms with van der Waals surface area (Å²) in [6, 6.07) is 0. The molecular weight excluding hydrogens is 381 g/mol. The second-order valence-corrected chi connectivity index (χ2v) is 30.6. The van der Waals surface area contributed by atoms with E-state index in [1.165, 1.54) is 0 Å². The average Bonchev–Trinajstić information content (AvgIpc) is 0.811. The van der Waals surface area contributed by atoms with Crippen LogP contribution in [-0.2, 0) is 0 Å². The first-order valence-electron chi connectivity index (χ1n) is 0.785. The summed E-state index contributed by atoms with van der Waals surface area (Å²) in [6.45, 7) is 0. The molecule has 0 aromatic heterocycles. The van der Waals surface area contributed by atoms with E-state index in [0.717, 1.165) is 0 Å². The molecule has 3 heteroatoms. The maximum atomic E-state index is 3.39. The Morgan fingerprint density at radius 2 is 1.50 bits per heavy atom. The third-order valence-corrected chi connectivity index (χ3v) is 0. The molecule has 0 aromatic carbocycles. The molecule has 0 aliphatic rings. The van der Waals surface area contributed by atoms with Gasteiger partial charge in [0.2, 0.25) is 0 Å². The van der Waals surface area contributed by atoms with E-state index in [-0.39, 0.29) is 0 Å². The SMILES string of the molecule is [CH3][Bi]([Br])[Br]. The van der Waals surface area contributed by atoms with Gasteiger partial charge in [0.15, 0.2) is 0 Å². The van der Waals surface area contributed by atoms with Crippen LogP contribution >= 0.6 is 24.4 Å². The zero-order valence-corrected chi connectivity index (χ0v) is 8.85. The van der Waals surface area contributed by atoms with Crippen molar-refractivity contribution < 1.29 is 0 Å². The topological polar surface area (TPSA) is 0 Å². The minimum atomic E-state index is -0.968. The third kappa shape index (κ3) is 9.14. The number of rotatable bonds is 0. The van der Waals surface area contributed by atoms with Crippen molar-refractivity contribution in [3.63, 3.8) is 0 Å². The van der Waals surface area contributed by atoms with Gasteiger partial charge < -0.3 is 0 Å². The van der Waals surface area contributed by atoms with E-state index < -0.39 is 17.1 Å². The maximum absolute atomic E-state index is 3.39. The molecule has 0 aliphatic carbocycles. The molecule has 0 atom stereocenters. The van der Waals surface area contributed by atoms with Gasteiger partial charge in [-0.05, 0) is 0 Å². The van der Waals surface area contributed by atoms with Crippen molar-refractivity contribution in [1.82, 2.24) is 0 Å². The van der Waals surface area contributed by atoms with E-state index in [4.69, 9.17) is 0 Å². The van der Waals surface area contributed by atoms with Gasteiger partial charge in [0.1, 0.15) is 0 Å². The van der Waals surface area contributed by atoms with Gasteiger partial charge in [-0.1, -0.05) is 0 Å². The van der Waals surface area contributed by atoms with Crippen LogP contribution in [0.3, 0.4) is 0 Å². The van der Waals surface area contributed by atoms with Crippen LogP contribution in [0, 0.1) is 0 Å². The van der Waals surface area contributed by atoms with Crippen molar-refractivity contribution in [2.45, 2.75) is 4.63 Å². The monoisotopic (exact) mass is 382 g/mol. The van der Waals surface area contributed by atoms with Crippen molar-refractivity contribution in [1.29, 1.82) is 0 Å². The van der Waals surface area contributed by atoms with Gasteiger partial charge >= 0.3 is 46.1 Å². The molecule has 0 fully saturated rings. The molecule has 0 nitrogen and oxygen atoms in total. The van der Waals surface area contributed by atoms with E-state index in [1.807, 2.05) is 0 Å². The molecule has 0 rings (SSSR count). The number of hydrogen-bond acceptors (Lipinski definition) is 0. The molecule has 0 N–H and O–H groups in total. The van der Waals surface area contributed by atoms with Crippen LogP contribution < -0.4 is 0 Å². The predicted molar refractivity (Wildman–Crippen MR) is 29.5 cm³/mol. The van der Waals surface area contributed by atoms with Gasteiger partial charge in [0.25, 0.3) is 0 Å². The Kier molecular flexibility index (Phi) is 4.45. The Bertz CT molecular complexity index is 10.8. The Morgan fingerprint density at radius 3 is 1.50 bits per heavy atom. The third-order valence-electron chi connectivity index (χ3n) is 0. The fourth-order valence-corrected chi connectivity index (χ4v) is 0. The molecular formula is CH3BiBr2. The Labute approximate surface area is 45.5 Å². The van der Waals surface area contributed by atoms with Gasteiger partial charge in [0, 0.05) is 0 Å². The molecule has 0 bridgehead atoms. The molecule has 0 heterocycles. The first-order valence-corrected chi connectivity index (χ1v) is 19.3. The van der Waals surface area contributed by atoms with Crippen LogP contribution in [0.5, 0.6) is 0 Å². The summed E-state index contributed by atoms with van der Waals surface area (Å²) in [5, 5.41) is 0. The predicted octanol–water partition coefficient (Wildman–Crippen LogP) is 1.89. The van der Waals surface area contributed by atoms with Gasteiger partial charge in [-0.15, -0.1) is 0 Å². The second-order valence-electron chi connectivity index (χ2n) is 0.402. The molecule has 26 valence electrons. The van der Waals surface area contributed by atoms with Crippen LogP contribution in [0.25, 0.3) is 0 Å². The van der Waals surface area contributed by atoms with Crippen LogP contribution in [0.4, 0.5) is 0 Å². The quantitative estimate of drug-likeness (QED) is 0.560. The van der Waals surface area contributed by atoms with Gasteiger partial charge in [-0.3, -0.25) is 0 Å². The molecule has 0 aromatic rings. The summed E-state index contributed by atoms with van der Waals surface area (Å²) in [7, 11) is 0. The molecule has 0 aliphatic heterocycles. The molecule has 0 saturated heterocycles. The van der Waals surface area contributed by atoms with Crippen LogP contribution in [0.1, 0.15) is 0 Å². The average molecular weight is 384 g/mol. The van der Waals surface area contributed by atoms with E-state index in [2.05, 4.69) is 29.1 Å². The summed E-state index contributed by atoms with van der Waals surface area (Å²) in [6.07, 6.45) is 0. The fraction of sp³-hybridized carbons (Fsp3) is 1.00. The standard InChI is InChI=1S/CH3.Bi.2BrH/h1H3;;2*1H/q;+2;;/p-2. The zero-order chi connectivity index (χ0) is 3.58. The van der Waals surface area contributed by atoms with Crippen molar-refractivity contribution >= 4 is 41.5 Å². The Hall–Kier alpha value is 1.84. The molecule has 0 saturated carbocycles. The van der Waals surface area contributed by atoms with E-state index in [9.17, 15) is 0 Å². The van der Waals surface area contributed by atoms with Crippen molar-refractivity contribution in [3.05, 3.63) is 0 Å². The van der Waals surface area contributed by atoms with E-state index in [1.54, 1.807) is 0 Å². The first-order chi connectivity index (χ1) is 1.73. The van der Waals surface area contributed by atoms with Crippen molar-refractivity contribution in [3.8, 4) is 0 Å². The molecule has 0 unspecified atom stereocenters.